The summed E-state index contributed by atoms with van der Waals surface area (Å²) in [5.74, 6) is 2.13. The normalized spacial score (nSPS) is 11.1. The molecule has 0 fully saturated rings. The van der Waals surface area contributed by atoms with Gasteiger partial charge in [0, 0.05) is 6.54 Å². The van der Waals surface area contributed by atoms with Gasteiger partial charge in [-0.3, -0.25) is 0 Å². The molecule has 0 saturated heterocycles. The van der Waals surface area contributed by atoms with Gasteiger partial charge in [0.15, 0.2) is 0 Å². The number of rotatable bonds is 6. The van der Waals surface area contributed by atoms with Gasteiger partial charge in [-0.05, 0) is 47.9 Å². The Labute approximate surface area is 133 Å². The fraction of sp³-hybridized carbons (Fsp3) is 0.312. The summed E-state index contributed by atoms with van der Waals surface area (Å²) in [5.41, 5.74) is 3.34. The zero-order valence-corrected chi connectivity index (χ0v) is 13.5. The van der Waals surface area contributed by atoms with Gasteiger partial charge in [0.2, 0.25) is 0 Å². The number of thiophene rings is 1. The molecule has 3 aromatic rings. The van der Waals surface area contributed by atoms with Crippen molar-refractivity contribution in [2.45, 2.75) is 25.8 Å². The number of hydrogen-bond donors (Lipinski definition) is 0. The van der Waals surface area contributed by atoms with Crippen LogP contribution < -0.4 is 4.74 Å². The Morgan fingerprint density at radius 2 is 2.24 bits per heavy atom. The first-order valence-electron chi connectivity index (χ1n) is 7.01. The van der Waals surface area contributed by atoms with Crippen LogP contribution in [0.25, 0.3) is 11.0 Å². The van der Waals surface area contributed by atoms with Crippen LogP contribution >= 0.6 is 22.9 Å². The predicted molar refractivity (Wildman–Crippen MR) is 88.5 cm³/mol. The predicted octanol–water partition coefficient (Wildman–Crippen LogP) is 4.48. The number of imidazole rings is 1. The van der Waals surface area contributed by atoms with Crippen LogP contribution in [0.15, 0.2) is 35.0 Å². The lowest BCUT2D eigenvalue weighted by molar-refractivity contribution is 0.343. The van der Waals surface area contributed by atoms with E-state index in [0.29, 0.717) is 12.5 Å². The Balaban J connectivity index is 1.97. The molecule has 0 unspecified atom stereocenters. The van der Waals surface area contributed by atoms with E-state index in [-0.39, 0.29) is 0 Å². The molecule has 0 aliphatic carbocycles. The van der Waals surface area contributed by atoms with Crippen LogP contribution in [0, 0.1) is 0 Å². The number of fused-ring (bicyclic) bond motifs is 1. The van der Waals surface area contributed by atoms with E-state index < -0.39 is 0 Å². The number of benzene rings is 1. The molecule has 21 heavy (non-hydrogen) atoms. The maximum atomic E-state index is 6.07. The second-order valence-electron chi connectivity index (χ2n) is 4.75. The van der Waals surface area contributed by atoms with Crippen LogP contribution in [0.4, 0.5) is 0 Å². The lowest BCUT2D eigenvalue weighted by Crippen LogP contribution is -2.04. The number of halogens is 1. The zero-order chi connectivity index (χ0) is 14.7. The molecule has 3 nitrogen and oxygen atoms in total. The highest BCUT2D eigenvalue weighted by Gasteiger charge is 2.13. The average Bonchev–Trinajstić information content (AvgIpc) is 3.13. The van der Waals surface area contributed by atoms with Gasteiger partial charge in [-0.25, -0.2) is 4.98 Å². The number of hydrogen-bond acceptors (Lipinski definition) is 3. The third kappa shape index (κ3) is 2.92. The number of ether oxygens (including phenoxy) is 1. The van der Waals surface area contributed by atoms with Crippen molar-refractivity contribution in [2.24, 2.45) is 0 Å². The van der Waals surface area contributed by atoms with E-state index in [1.807, 2.05) is 19.1 Å². The van der Waals surface area contributed by atoms with E-state index in [4.69, 9.17) is 16.3 Å². The van der Waals surface area contributed by atoms with E-state index in [9.17, 15) is 0 Å². The Hall–Kier alpha value is -1.52. The summed E-state index contributed by atoms with van der Waals surface area (Å²) in [4.78, 5) is 4.66. The summed E-state index contributed by atoms with van der Waals surface area (Å²) in [7, 11) is 0. The topological polar surface area (TPSA) is 27.1 Å². The maximum Gasteiger partial charge on any atom is 0.147 e. The van der Waals surface area contributed by atoms with Gasteiger partial charge in [0.25, 0.3) is 0 Å². The van der Waals surface area contributed by atoms with Crippen molar-refractivity contribution >= 4 is 34.0 Å². The summed E-state index contributed by atoms with van der Waals surface area (Å²) in [6.45, 7) is 3.50. The molecule has 0 N–H and O–H groups in total. The van der Waals surface area contributed by atoms with Crippen molar-refractivity contribution < 1.29 is 4.74 Å². The quantitative estimate of drug-likeness (QED) is 0.626. The Kier molecular flexibility index (Phi) is 4.46. The average molecular weight is 321 g/mol. The molecule has 0 amide bonds. The third-order valence-corrected chi connectivity index (χ3v) is 4.42. The van der Waals surface area contributed by atoms with Crippen molar-refractivity contribution in [3.05, 3.63) is 46.4 Å². The summed E-state index contributed by atoms with van der Waals surface area (Å²) >= 11 is 7.80. The number of aromatic nitrogens is 2. The summed E-state index contributed by atoms with van der Waals surface area (Å²) in [6.07, 6.45) is 0.984. The molecule has 0 spiro atoms. The lowest BCUT2D eigenvalue weighted by Gasteiger charge is -2.07. The summed E-state index contributed by atoms with van der Waals surface area (Å²) in [6, 6.07) is 8.21. The minimum atomic E-state index is 0.407. The van der Waals surface area contributed by atoms with Gasteiger partial charge in [-0.2, -0.15) is 11.3 Å². The van der Waals surface area contributed by atoms with Crippen LogP contribution in [0.3, 0.4) is 0 Å². The molecule has 5 heteroatoms. The molecule has 1 aromatic carbocycles. The van der Waals surface area contributed by atoms with Gasteiger partial charge >= 0.3 is 0 Å². The first-order valence-corrected chi connectivity index (χ1v) is 8.49. The molecule has 2 heterocycles. The summed E-state index contributed by atoms with van der Waals surface area (Å²) < 4.78 is 7.86. The highest BCUT2D eigenvalue weighted by Crippen LogP contribution is 2.27. The monoisotopic (exact) mass is 320 g/mol. The molecule has 0 atom stereocenters. The van der Waals surface area contributed by atoms with Crippen LogP contribution in [-0.2, 0) is 18.8 Å². The first kappa shape index (κ1) is 14.4. The van der Waals surface area contributed by atoms with Crippen molar-refractivity contribution in [3.8, 4) is 5.75 Å². The standard InChI is InChI=1S/C16H17ClN2OS/c1-2-20-14-5-3-4-13-16(14)18-15(10-17)19(13)8-6-12-7-9-21-11-12/h3-5,7,9,11H,2,6,8,10H2,1H3. The Bertz CT molecular complexity index is 721. The van der Waals surface area contributed by atoms with Crippen LogP contribution in [-0.4, -0.2) is 16.2 Å². The van der Waals surface area contributed by atoms with Crippen molar-refractivity contribution in [2.75, 3.05) is 6.61 Å². The molecule has 110 valence electrons. The molecule has 0 radical (unpaired) electrons. The third-order valence-electron chi connectivity index (χ3n) is 3.44. The molecule has 0 saturated carbocycles. The fourth-order valence-electron chi connectivity index (χ4n) is 2.47. The molecule has 0 aliphatic rings. The van der Waals surface area contributed by atoms with Gasteiger partial charge in [-0.1, -0.05) is 6.07 Å². The minimum absolute atomic E-state index is 0.407. The van der Waals surface area contributed by atoms with Gasteiger partial charge in [0.05, 0.1) is 18.0 Å². The molecular weight excluding hydrogens is 304 g/mol. The second-order valence-corrected chi connectivity index (χ2v) is 5.80. The fourth-order valence-corrected chi connectivity index (χ4v) is 3.38. The van der Waals surface area contributed by atoms with E-state index in [1.165, 1.54) is 5.56 Å². The zero-order valence-electron chi connectivity index (χ0n) is 11.9. The first-order chi connectivity index (χ1) is 10.3. The smallest absolute Gasteiger partial charge is 0.147 e. The van der Waals surface area contributed by atoms with E-state index >= 15 is 0 Å². The molecule has 0 aliphatic heterocycles. The number of nitrogens with zero attached hydrogens (tertiary/aromatic N) is 2. The minimum Gasteiger partial charge on any atom is -0.492 e. The van der Waals surface area contributed by atoms with Crippen molar-refractivity contribution in [1.29, 1.82) is 0 Å². The number of aryl methyl sites for hydroxylation is 2. The van der Waals surface area contributed by atoms with Gasteiger partial charge < -0.3 is 9.30 Å². The Morgan fingerprint density at radius 3 is 2.95 bits per heavy atom. The number of alkyl halides is 1. The summed E-state index contributed by atoms with van der Waals surface area (Å²) in [5, 5.41) is 4.29. The SMILES string of the molecule is CCOc1cccc2c1nc(CCl)n2CCc1ccsc1. The maximum absolute atomic E-state index is 6.07. The van der Waals surface area contributed by atoms with E-state index in [2.05, 4.69) is 32.4 Å². The molecule has 2 aromatic heterocycles. The van der Waals surface area contributed by atoms with E-state index in [1.54, 1.807) is 11.3 Å². The Morgan fingerprint density at radius 1 is 1.33 bits per heavy atom. The second kappa shape index (κ2) is 6.50. The molecular formula is C16H17ClN2OS. The lowest BCUT2D eigenvalue weighted by atomic mass is 10.2. The molecule has 0 bridgehead atoms. The highest BCUT2D eigenvalue weighted by molar-refractivity contribution is 7.07. The van der Waals surface area contributed by atoms with Crippen LogP contribution in [0.2, 0.25) is 0 Å². The largest absolute Gasteiger partial charge is 0.492 e. The van der Waals surface area contributed by atoms with Crippen molar-refractivity contribution in [1.82, 2.24) is 9.55 Å². The van der Waals surface area contributed by atoms with E-state index in [0.717, 1.165) is 35.6 Å². The van der Waals surface area contributed by atoms with Crippen LogP contribution in [0.5, 0.6) is 5.75 Å². The highest BCUT2D eigenvalue weighted by atomic mass is 35.5. The van der Waals surface area contributed by atoms with Gasteiger partial charge in [0.1, 0.15) is 17.1 Å². The molecule has 3 rings (SSSR count). The van der Waals surface area contributed by atoms with Crippen molar-refractivity contribution in [3.63, 3.8) is 0 Å². The van der Waals surface area contributed by atoms with Gasteiger partial charge in [-0.15, -0.1) is 11.6 Å². The number of para-hydroxylation sites is 1. The van der Waals surface area contributed by atoms with Crippen LogP contribution in [0.1, 0.15) is 18.3 Å².